The van der Waals surface area contributed by atoms with E-state index in [0.29, 0.717) is 0 Å². The molecule has 444 valence electrons. The Morgan fingerprint density at radius 3 is 0.917 bits per heavy atom. The van der Waals surface area contributed by atoms with Gasteiger partial charge in [-0.3, -0.25) is 15.0 Å². The third kappa shape index (κ3) is 22.5. The Kier molecular flexibility index (Phi) is 36.0. The van der Waals surface area contributed by atoms with Gasteiger partial charge < -0.3 is 0 Å². The minimum absolute atomic E-state index is 0.973. The van der Waals surface area contributed by atoms with Crippen molar-refractivity contribution in [2.75, 3.05) is 0 Å². The summed E-state index contributed by atoms with van der Waals surface area (Å²) < 4.78 is 0. The van der Waals surface area contributed by atoms with E-state index in [0.717, 1.165) is 50.5 Å². The lowest BCUT2D eigenvalue weighted by molar-refractivity contribution is 1.10. The van der Waals surface area contributed by atoms with Crippen LogP contribution in [0, 0.1) is 83.1 Å². The molecule has 0 radical (unpaired) electrons. The van der Waals surface area contributed by atoms with Crippen LogP contribution in [0.25, 0.3) is 65.2 Å². The highest BCUT2D eigenvalue weighted by Crippen LogP contribution is 2.22. The molecular formula is C79H103N5. The lowest BCUT2D eigenvalue weighted by Gasteiger charge is -2.04. The molecule has 0 unspecified atom stereocenters. The lowest BCUT2D eigenvalue weighted by Crippen LogP contribution is -1.92. The van der Waals surface area contributed by atoms with E-state index in [1.807, 2.05) is 191 Å². The van der Waals surface area contributed by atoms with Gasteiger partial charge in [-0.15, -0.1) is 0 Å². The van der Waals surface area contributed by atoms with Crippen LogP contribution >= 0.6 is 0 Å². The number of hydrogen-bond donors (Lipinski definition) is 0. The van der Waals surface area contributed by atoms with Gasteiger partial charge >= 0.3 is 0 Å². The first-order chi connectivity index (χ1) is 40.7. The Balaban J connectivity index is 0.000000486. The van der Waals surface area contributed by atoms with Crippen LogP contribution in [0.15, 0.2) is 188 Å². The van der Waals surface area contributed by atoms with Gasteiger partial charge in [0.25, 0.3) is 0 Å². The summed E-state index contributed by atoms with van der Waals surface area (Å²) in [5.74, 6) is 0. The van der Waals surface area contributed by atoms with Gasteiger partial charge in [0.05, 0.1) is 33.5 Å². The second kappa shape index (κ2) is 40.9. The third-order valence-corrected chi connectivity index (χ3v) is 13.5. The number of rotatable bonds is 0. The fourth-order valence-electron chi connectivity index (χ4n) is 8.23. The molecule has 0 spiro atoms. The van der Waals surface area contributed by atoms with Crippen LogP contribution < -0.4 is 0 Å². The van der Waals surface area contributed by atoms with Crippen molar-refractivity contribution < 1.29 is 0 Å². The largest absolute Gasteiger partial charge is 0.261 e. The molecule has 0 bridgehead atoms. The summed E-state index contributed by atoms with van der Waals surface area (Å²) in [5, 5.41) is 10.4. The molecule has 0 saturated carbocycles. The predicted molar refractivity (Wildman–Crippen MR) is 378 cm³/mol. The van der Waals surface area contributed by atoms with E-state index in [1.165, 1.54) is 82.0 Å². The van der Waals surface area contributed by atoms with E-state index in [2.05, 4.69) is 189 Å². The summed E-state index contributed by atoms with van der Waals surface area (Å²) in [6.07, 6.45) is 1.93. The number of aromatic nitrogens is 5. The number of hydrogen-bond acceptors (Lipinski definition) is 5. The Hall–Kier alpha value is -8.15. The number of benzene rings is 8. The summed E-state index contributed by atoms with van der Waals surface area (Å²) in [6, 6.07) is 62.8. The molecule has 12 rings (SSSR count). The van der Waals surface area contributed by atoms with Crippen molar-refractivity contribution in [1.82, 2.24) is 24.9 Å². The number of aryl methyl sites for hydroxylation is 12. The molecule has 0 atom stereocenters. The van der Waals surface area contributed by atoms with Crippen LogP contribution in [0.1, 0.15) is 150 Å². The first-order valence-corrected chi connectivity index (χ1v) is 30.7. The molecule has 4 aromatic heterocycles. The van der Waals surface area contributed by atoms with E-state index in [1.54, 1.807) is 0 Å². The van der Waals surface area contributed by atoms with Gasteiger partial charge in [-0.2, -0.15) is 0 Å². The molecule has 0 amide bonds. The predicted octanol–water partition coefficient (Wildman–Crippen LogP) is 23.9. The monoisotopic (exact) mass is 1120 g/mol. The van der Waals surface area contributed by atoms with Crippen molar-refractivity contribution in [2.24, 2.45) is 0 Å². The number of nitrogens with zero attached hydrogens (tertiary/aromatic N) is 5. The lowest BCUT2D eigenvalue weighted by atomic mass is 10.0. The second-order valence-electron chi connectivity index (χ2n) is 18.6. The Morgan fingerprint density at radius 2 is 0.512 bits per heavy atom. The van der Waals surface area contributed by atoms with Crippen LogP contribution in [0.4, 0.5) is 0 Å². The molecule has 0 saturated heterocycles. The van der Waals surface area contributed by atoms with Gasteiger partial charge in [0, 0.05) is 39.4 Å². The molecule has 0 aliphatic carbocycles. The Labute approximate surface area is 509 Å². The zero-order chi connectivity index (χ0) is 63.3. The van der Waals surface area contributed by atoms with Gasteiger partial charge in [0.1, 0.15) is 0 Å². The second-order valence-corrected chi connectivity index (χ2v) is 18.6. The van der Waals surface area contributed by atoms with E-state index in [-0.39, 0.29) is 0 Å². The zero-order valence-corrected chi connectivity index (χ0v) is 56.1. The maximum Gasteiger partial charge on any atom is 0.0890 e. The summed E-state index contributed by atoms with van der Waals surface area (Å²) in [7, 11) is 0. The average molecular weight is 1120 g/mol. The quantitative estimate of drug-likeness (QED) is 0.151. The molecule has 8 aromatic carbocycles. The molecule has 12 aromatic rings. The van der Waals surface area contributed by atoms with E-state index >= 15 is 0 Å². The van der Waals surface area contributed by atoms with E-state index in [4.69, 9.17) is 0 Å². The fraction of sp³-hybridized carbons (Fsp3) is 0.304. The fourth-order valence-corrected chi connectivity index (χ4v) is 8.23. The molecule has 5 heteroatoms. The highest BCUT2D eigenvalue weighted by Gasteiger charge is 2.02. The molecule has 0 fully saturated rings. The van der Waals surface area contributed by atoms with Crippen molar-refractivity contribution >= 4 is 65.2 Å². The van der Waals surface area contributed by atoms with E-state index in [9.17, 15) is 0 Å². The minimum Gasteiger partial charge on any atom is -0.261 e. The maximum atomic E-state index is 4.48. The van der Waals surface area contributed by atoms with Crippen molar-refractivity contribution in [3.8, 4) is 0 Å². The topological polar surface area (TPSA) is 64.5 Å². The summed E-state index contributed by atoms with van der Waals surface area (Å²) >= 11 is 0. The molecule has 4 heterocycles. The summed E-state index contributed by atoms with van der Waals surface area (Å²) in [6.45, 7) is 49.0. The molecule has 84 heavy (non-hydrogen) atoms. The summed E-state index contributed by atoms with van der Waals surface area (Å²) in [4.78, 5) is 22.1. The highest BCUT2D eigenvalue weighted by atomic mass is 14.8. The molecule has 0 aliphatic heterocycles. The summed E-state index contributed by atoms with van der Waals surface area (Å²) in [5.41, 5.74) is 18.8. The van der Waals surface area contributed by atoms with Crippen molar-refractivity contribution in [2.45, 2.75) is 166 Å². The van der Waals surface area contributed by atoms with Gasteiger partial charge in [-0.25, -0.2) is 9.97 Å². The minimum atomic E-state index is 0.973. The smallest absolute Gasteiger partial charge is 0.0890 e. The number of para-hydroxylation sites is 4. The van der Waals surface area contributed by atoms with Gasteiger partial charge in [0.15, 0.2) is 0 Å². The third-order valence-electron chi connectivity index (χ3n) is 13.5. The van der Waals surface area contributed by atoms with Crippen LogP contribution in [0.2, 0.25) is 0 Å². The van der Waals surface area contributed by atoms with E-state index < -0.39 is 0 Å². The van der Waals surface area contributed by atoms with Gasteiger partial charge in [0.2, 0.25) is 0 Å². The first kappa shape index (κ1) is 73.9. The van der Waals surface area contributed by atoms with Crippen LogP contribution in [-0.2, 0) is 0 Å². The zero-order valence-electron chi connectivity index (χ0n) is 56.1. The first-order valence-electron chi connectivity index (χ1n) is 30.7. The van der Waals surface area contributed by atoms with Crippen LogP contribution in [-0.4, -0.2) is 24.9 Å². The van der Waals surface area contributed by atoms with Crippen molar-refractivity contribution in [1.29, 1.82) is 0 Å². The van der Waals surface area contributed by atoms with Crippen molar-refractivity contribution in [3.05, 3.63) is 256 Å². The van der Waals surface area contributed by atoms with Gasteiger partial charge in [-0.05, 0) is 185 Å². The number of fused-ring (bicyclic) bond motifs is 6. The molecule has 0 aliphatic rings. The van der Waals surface area contributed by atoms with Crippen LogP contribution in [0.3, 0.4) is 0 Å². The van der Waals surface area contributed by atoms with Gasteiger partial charge in [-0.1, -0.05) is 229 Å². The molecule has 5 nitrogen and oxygen atoms in total. The standard InChI is InChI=1S/2C12H12.3C11H11N.C10H10N2.6C2H6/c1-9-7-11-5-3-4-6-12(11)8-10(9)2;1-9-7-8-11-5-3-4-6-12(11)10(9)2;1-8-9(2)12-7-10-5-3-4-6-11(8)10;2*1-8-7-10-5-3-4-6-11(10)12-9(8)2;1-7-8(2)12-10-6-4-3-5-9(10)11-7;6*1-2/h2*3-8H,1-2H3;3*3-7H,1-2H3;3-6H,1-2H3;6*1-2H3. The normalized spacial score (nSPS) is 9.43. The molecular weight excluding hydrogens is 1020 g/mol. The highest BCUT2D eigenvalue weighted by molar-refractivity contribution is 5.87. The SMILES string of the molecule is CC.CC.CC.CC.CC.CC.Cc1cc2ccccc2cc1C.Cc1cc2ccccc2nc1C.Cc1cc2ccccc2nc1C.Cc1ccc2ccccc2c1C.Cc1nc2ccccc2nc1C.Cc1ncc2ccccc2c1C. The van der Waals surface area contributed by atoms with Crippen molar-refractivity contribution in [3.63, 3.8) is 0 Å². The number of pyridine rings is 3. The molecule has 0 N–H and O–H groups in total. The Morgan fingerprint density at radius 1 is 0.214 bits per heavy atom. The maximum absolute atomic E-state index is 4.48. The Bertz CT molecular complexity index is 3200. The van der Waals surface area contributed by atoms with Crippen LogP contribution in [0.5, 0.6) is 0 Å². The average Bonchev–Trinajstić information content (AvgIpc) is 3.71.